The van der Waals surface area contributed by atoms with E-state index in [2.05, 4.69) is 11.0 Å². The van der Waals surface area contributed by atoms with Crippen molar-refractivity contribution in [3.05, 3.63) is 70.8 Å². The number of carbonyl (C=O) groups excluding carboxylic acids is 1. The highest BCUT2D eigenvalue weighted by Gasteiger charge is 2.20. The molecule has 0 aliphatic carbocycles. The summed E-state index contributed by atoms with van der Waals surface area (Å²) in [6, 6.07) is 17.3. The summed E-state index contributed by atoms with van der Waals surface area (Å²) in [5.41, 5.74) is 3.46. The minimum Gasteiger partial charge on any atom is -0.337 e. The molecule has 1 unspecified atom stereocenters. The lowest BCUT2D eigenvalue weighted by Gasteiger charge is -2.22. The topological polar surface area (TPSA) is 64.4 Å². The van der Waals surface area contributed by atoms with Gasteiger partial charge in [-0.15, -0.1) is 0 Å². The summed E-state index contributed by atoms with van der Waals surface area (Å²) < 4.78 is 11.5. The van der Waals surface area contributed by atoms with Crippen LogP contribution in [0.2, 0.25) is 0 Å². The molecular formula is C22H25N3O2S. The molecule has 1 aliphatic rings. The molecular weight excluding hydrogens is 370 g/mol. The van der Waals surface area contributed by atoms with Gasteiger partial charge in [-0.1, -0.05) is 24.3 Å². The van der Waals surface area contributed by atoms with Gasteiger partial charge in [0.15, 0.2) is 0 Å². The standard InChI is InChI=1S/C22H25N3O2S/c1-28(27)17-20-4-2-5-21(14-20)22(26)25-11-3-10-24(12-13-25)16-19-8-6-18(15-23)7-9-19/h2,4-9,14H,3,10-13,16-17H2,1H3. The van der Waals surface area contributed by atoms with E-state index in [0.717, 1.165) is 38.2 Å². The molecule has 3 rings (SSSR count). The van der Waals surface area contributed by atoms with Gasteiger partial charge in [0, 0.05) is 61.1 Å². The third kappa shape index (κ3) is 5.51. The first-order valence-electron chi connectivity index (χ1n) is 9.45. The molecule has 0 spiro atoms. The molecule has 2 aromatic carbocycles. The number of carbonyl (C=O) groups is 1. The quantitative estimate of drug-likeness (QED) is 0.781. The highest BCUT2D eigenvalue weighted by molar-refractivity contribution is 7.83. The number of hydrogen-bond acceptors (Lipinski definition) is 4. The molecule has 1 heterocycles. The Kier molecular flexibility index (Phi) is 6.96. The van der Waals surface area contributed by atoms with Crippen LogP contribution in [0.4, 0.5) is 0 Å². The number of hydrogen-bond donors (Lipinski definition) is 0. The van der Waals surface area contributed by atoms with Crippen LogP contribution in [0, 0.1) is 11.3 Å². The van der Waals surface area contributed by atoms with Crippen molar-refractivity contribution in [1.29, 1.82) is 5.26 Å². The Hall–Kier alpha value is -2.49. The van der Waals surface area contributed by atoms with Crippen LogP contribution in [-0.2, 0) is 23.1 Å². The van der Waals surface area contributed by atoms with Crippen LogP contribution in [0.1, 0.15) is 33.5 Å². The van der Waals surface area contributed by atoms with Crippen molar-refractivity contribution in [1.82, 2.24) is 9.80 Å². The van der Waals surface area contributed by atoms with Gasteiger partial charge in [0.2, 0.25) is 0 Å². The third-order valence-corrected chi connectivity index (χ3v) is 5.65. The summed E-state index contributed by atoms with van der Waals surface area (Å²) in [7, 11) is -0.921. The van der Waals surface area contributed by atoms with E-state index in [-0.39, 0.29) is 5.91 Å². The molecule has 1 atom stereocenters. The van der Waals surface area contributed by atoms with Gasteiger partial charge in [-0.2, -0.15) is 5.26 Å². The Morgan fingerprint density at radius 2 is 1.86 bits per heavy atom. The maximum Gasteiger partial charge on any atom is 0.253 e. The van der Waals surface area contributed by atoms with Crippen molar-refractivity contribution < 1.29 is 9.00 Å². The first-order chi connectivity index (χ1) is 13.5. The Labute approximate surface area is 169 Å². The lowest BCUT2D eigenvalue weighted by Crippen LogP contribution is -2.35. The number of amides is 1. The van der Waals surface area contributed by atoms with Crippen LogP contribution in [0.25, 0.3) is 0 Å². The molecule has 6 heteroatoms. The number of benzene rings is 2. The van der Waals surface area contributed by atoms with Gasteiger partial charge < -0.3 is 4.90 Å². The molecule has 146 valence electrons. The third-order valence-electron chi connectivity index (χ3n) is 4.91. The minimum atomic E-state index is -0.921. The van der Waals surface area contributed by atoms with Crippen molar-refractivity contribution in [3.63, 3.8) is 0 Å². The molecule has 0 saturated carbocycles. The number of nitrogens with zero attached hydrogens (tertiary/aromatic N) is 3. The average molecular weight is 396 g/mol. The van der Waals surface area contributed by atoms with Crippen LogP contribution in [-0.4, -0.2) is 52.4 Å². The minimum absolute atomic E-state index is 0.0453. The molecule has 0 N–H and O–H groups in total. The van der Waals surface area contributed by atoms with Crippen molar-refractivity contribution in [2.24, 2.45) is 0 Å². The summed E-state index contributed by atoms with van der Waals surface area (Å²) >= 11 is 0. The summed E-state index contributed by atoms with van der Waals surface area (Å²) in [4.78, 5) is 17.2. The maximum atomic E-state index is 12.9. The van der Waals surface area contributed by atoms with Crippen LogP contribution in [0.3, 0.4) is 0 Å². The largest absolute Gasteiger partial charge is 0.337 e. The Balaban J connectivity index is 1.60. The zero-order valence-corrected chi connectivity index (χ0v) is 17.0. The lowest BCUT2D eigenvalue weighted by atomic mass is 10.1. The Bertz CT molecular complexity index is 889. The van der Waals surface area contributed by atoms with E-state index < -0.39 is 10.8 Å². The number of nitriles is 1. The van der Waals surface area contributed by atoms with E-state index in [1.54, 1.807) is 6.26 Å². The monoisotopic (exact) mass is 395 g/mol. The first-order valence-corrected chi connectivity index (χ1v) is 11.2. The summed E-state index contributed by atoms with van der Waals surface area (Å²) in [6.45, 7) is 4.03. The molecule has 0 aromatic heterocycles. The fourth-order valence-corrected chi connectivity index (χ4v) is 4.14. The molecule has 1 amide bonds. The lowest BCUT2D eigenvalue weighted by molar-refractivity contribution is 0.0761. The second kappa shape index (κ2) is 9.63. The van der Waals surface area contributed by atoms with Crippen molar-refractivity contribution >= 4 is 16.7 Å². The number of rotatable bonds is 5. The summed E-state index contributed by atoms with van der Waals surface area (Å²) in [5.74, 6) is 0.517. The molecule has 0 radical (unpaired) electrons. The van der Waals surface area contributed by atoms with Crippen LogP contribution < -0.4 is 0 Å². The van der Waals surface area contributed by atoms with Crippen molar-refractivity contribution in [3.8, 4) is 6.07 Å². The van der Waals surface area contributed by atoms with Crippen LogP contribution >= 0.6 is 0 Å². The van der Waals surface area contributed by atoms with Gasteiger partial charge in [-0.05, 0) is 41.8 Å². The fraction of sp³-hybridized carbons (Fsp3) is 0.364. The van der Waals surface area contributed by atoms with E-state index in [4.69, 9.17) is 5.26 Å². The average Bonchev–Trinajstić information content (AvgIpc) is 2.93. The molecule has 5 nitrogen and oxygen atoms in total. The predicted molar refractivity (Wildman–Crippen MR) is 111 cm³/mol. The first kappa shape index (κ1) is 20.2. The molecule has 28 heavy (non-hydrogen) atoms. The molecule has 1 aliphatic heterocycles. The van der Waals surface area contributed by atoms with E-state index in [0.29, 0.717) is 23.4 Å². The van der Waals surface area contributed by atoms with Crippen molar-refractivity contribution in [2.75, 3.05) is 32.4 Å². The molecule has 1 saturated heterocycles. The van der Waals surface area contributed by atoms with Gasteiger partial charge in [-0.3, -0.25) is 13.9 Å². The normalized spacial score (nSPS) is 16.2. The molecule has 0 bridgehead atoms. The van der Waals surface area contributed by atoms with E-state index >= 15 is 0 Å². The van der Waals surface area contributed by atoms with Gasteiger partial charge in [0.05, 0.1) is 11.6 Å². The van der Waals surface area contributed by atoms with Gasteiger partial charge >= 0.3 is 0 Å². The fourth-order valence-electron chi connectivity index (χ4n) is 3.49. The Morgan fingerprint density at radius 1 is 1.07 bits per heavy atom. The van der Waals surface area contributed by atoms with E-state index in [9.17, 15) is 9.00 Å². The highest BCUT2D eigenvalue weighted by atomic mass is 32.2. The predicted octanol–water partition coefficient (Wildman–Crippen LogP) is 2.78. The van der Waals surface area contributed by atoms with Gasteiger partial charge in [0.1, 0.15) is 0 Å². The zero-order chi connectivity index (χ0) is 19.9. The smallest absolute Gasteiger partial charge is 0.253 e. The second-order valence-corrected chi connectivity index (χ2v) is 8.58. The second-order valence-electron chi connectivity index (χ2n) is 7.15. The molecule has 1 fully saturated rings. The SMILES string of the molecule is CS(=O)Cc1cccc(C(=O)N2CCCN(Cc3ccc(C#N)cc3)CC2)c1. The van der Waals surface area contributed by atoms with Gasteiger partial charge in [0.25, 0.3) is 5.91 Å². The van der Waals surface area contributed by atoms with E-state index in [1.807, 2.05) is 53.4 Å². The maximum absolute atomic E-state index is 12.9. The van der Waals surface area contributed by atoms with Crippen LogP contribution in [0.5, 0.6) is 0 Å². The highest BCUT2D eigenvalue weighted by Crippen LogP contribution is 2.14. The summed E-state index contributed by atoms with van der Waals surface area (Å²) in [5, 5.41) is 8.91. The zero-order valence-electron chi connectivity index (χ0n) is 16.1. The van der Waals surface area contributed by atoms with Gasteiger partial charge in [-0.25, -0.2) is 0 Å². The molecule has 2 aromatic rings. The Morgan fingerprint density at radius 3 is 2.57 bits per heavy atom. The summed E-state index contributed by atoms with van der Waals surface area (Å²) in [6.07, 6.45) is 2.60. The van der Waals surface area contributed by atoms with Crippen LogP contribution in [0.15, 0.2) is 48.5 Å². The van der Waals surface area contributed by atoms with Crippen molar-refractivity contribution in [2.45, 2.75) is 18.7 Å². The van der Waals surface area contributed by atoms with E-state index in [1.165, 1.54) is 5.56 Å².